The lowest BCUT2D eigenvalue weighted by Crippen LogP contribution is -2.20. The molecule has 0 aromatic heterocycles. The third-order valence-corrected chi connectivity index (χ3v) is 3.24. The van der Waals surface area contributed by atoms with E-state index in [0.29, 0.717) is 11.3 Å². The van der Waals surface area contributed by atoms with E-state index in [4.69, 9.17) is 14.2 Å². The summed E-state index contributed by atoms with van der Waals surface area (Å²) in [6.45, 7) is -0.503. The highest BCUT2D eigenvalue weighted by Gasteiger charge is 2.20. The minimum absolute atomic E-state index is 0.108. The Balaban J connectivity index is 1.86. The maximum Gasteiger partial charge on any atom is 0.417 e. The molecule has 0 N–H and O–H groups in total. The van der Waals surface area contributed by atoms with Crippen LogP contribution in [0.15, 0.2) is 48.5 Å². The molecule has 25 heavy (non-hydrogen) atoms. The molecule has 0 unspecified atom stereocenters. The number of nitro benzene ring substituents is 1. The van der Waals surface area contributed by atoms with Crippen LogP contribution in [0, 0.1) is 10.1 Å². The lowest BCUT2D eigenvalue weighted by atomic mass is 10.2. The summed E-state index contributed by atoms with van der Waals surface area (Å²) in [5.74, 6) is -1.74. The van der Waals surface area contributed by atoms with E-state index >= 15 is 0 Å². The van der Waals surface area contributed by atoms with E-state index in [-0.39, 0.29) is 17.9 Å². The summed E-state index contributed by atoms with van der Waals surface area (Å²) in [7, 11) is 1.53. The van der Waals surface area contributed by atoms with Crippen LogP contribution in [0.25, 0.3) is 0 Å². The summed E-state index contributed by atoms with van der Waals surface area (Å²) in [5, 5.41) is 10.9. The minimum atomic E-state index is -1.22. The van der Waals surface area contributed by atoms with Crippen LogP contribution in [0.4, 0.5) is 5.69 Å². The third-order valence-electron chi connectivity index (χ3n) is 3.24. The molecule has 0 aliphatic rings. The maximum atomic E-state index is 11.6. The molecule has 0 heterocycles. The fourth-order valence-electron chi connectivity index (χ4n) is 1.94. The van der Waals surface area contributed by atoms with Gasteiger partial charge in [0.1, 0.15) is 19.0 Å². The zero-order valence-electron chi connectivity index (χ0n) is 13.3. The van der Waals surface area contributed by atoms with Crippen LogP contribution in [0.1, 0.15) is 11.1 Å². The average Bonchev–Trinajstić information content (AvgIpc) is 2.64. The number of esters is 2. The molecule has 0 saturated carbocycles. The zero-order chi connectivity index (χ0) is 18.2. The second-order valence-corrected chi connectivity index (χ2v) is 4.89. The van der Waals surface area contributed by atoms with Gasteiger partial charge in [0.15, 0.2) is 0 Å². The van der Waals surface area contributed by atoms with Gasteiger partial charge in [-0.15, -0.1) is 0 Å². The minimum Gasteiger partial charge on any atom is -0.497 e. The molecule has 2 aromatic rings. The van der Waals surface area contributed by atoms with Gasteiger partial charge in [-0.3, -0.25) is 10.1 Å². The molecular weight excluding hydrogens is 330 g/mol. The summed E-state index contributed by atoms with van der Waals surface area (Å²) < 4.78 is 14.6. The topological polar surface area (TPSA) is 105 Å². The van der Waals surface area contributed by atoms with Gasteiger partial charge in [0.05, 0.1) is 17.6 Å². The maximum absolute atomic E-state index is 11.6. The molecule has 130 valence electrons. The van der Waals surface area contributed by atoms with Gasteiger partial charge in [0.2, 0.25) is 0 Å². The van der Waals surface area contributed by atoms with Crippen molar-refractivity contribution in [3.05, 3.63) is 69.8 Å². The van der Waals surface area contributed by atoms with Gasteiger partial charge in [-0.1, -0.05) is 24.3 Å². The predicted molar refractivity (Wildman–Crippen MR) is 85.7 cm³/mol. The van der Waals surface area contributed by atoms with E-state index in [9.17, 15) is 19.7 Å². The van der Waals surface area contributed by atoms with E-state index in [2.05, 4.69) is 0 Å². The third kappa shape index (κ3) is 5.03. The second kappa shape index (κ2) is 8.44. The van der Waals surface area contributed by atoms with Crippen LogP contribution >= 0.6 is 0 Å². The summed E-state index contributed by atoms with van der Waals surface area (Å²) >= 11 is 0. The number of hydrogen-bond donors (Lipinski definition) is 0. The van der Waals surface area contributed by atoms with Crippen LogP contribution in [-0.2, 0) is 32.3 Å². The lowest BCUT2D eigenvalue weighted by Gasteiger charge is -2.07. The summed E-state index contributed by atoms with van der Waals surface area (Å²) in [5.41, 5.74) is 0.659. The first kappa shape index (κ1) is 17.9. The summed E-state index contributed by atoms with van der Waals surface area (Å²) in [6.07, 6.45) is 0. The molecule has 0 amide bonds. The van der Waals surface area contributed by atoms with Crippen molar-refractivity contribution < 1.29 is 28.7 Å². The number of hydrogen-bond acceptors (Lipinski definition) is 7. The molecular formula is C17H15NO7. The average molecular weight is 345 g/mol. The fourth-order valence-corrected chi connectivity index (χ4v) is 1.94. The molecule has 0 aliphatic carbocycles. The van der Waals surface area contributed by atoms with Crippen LogP contribution in [0.2, 0.25) is 0 Å². The first-order valence-electron chi connectivity index (χ1n) is 7.20. The number of carbonyl (C=O) groups excluding carboxylic acids is 2. The van der Waals surface area contributed by atoms with Crippen molar-refractivity contribution in [3.8, 4) is 5.75 Å². The molecule has 0 saturated heterocycles. The van der Waals surface area contributed by atoms with Gasteiger partial charge in [-0.05, 0) is 23.8 Å². The Hall–Kier alpha value is -3.42. The predicted octanol–water partition coefficient (Wildman–Crippen LogP) is 2.39. The van der Waals surface area contributed by atoms with Gasteiger partial charge in [-0.2, -0.15) is 0 Å². The van der Waals surface area contributed by atoms with Crippen LogP contribution in [-0.4, -0.2) is 24.0 Å². The number of rotatable bonds is 6. The van der Waals surface area contributed by atoms with Crippen molar-refractivity contribution in [1.29, 1.82) is 0 Å². The van der Waals surface area contributed by atoms with Gasteiger partial charge < -0.3 is 14.2 Å². The summed E-state index contributed by atoms with van der Waals surface area (Å²) in [6, 6.07) is 12.5. The van der Waals surface area contributed by atoms with Gasteiger partial charge in [0.25, 0.3) is 5.69 Å². The summed E-state index contributed by atoms with van der Waals surface area (Å²) in [4.78, 5) is 33.5. The fraction of sp³-hybridized carbons (Fsp3) is 0.176. The molecule has 8 nitrogen and oxygen atoms in total. The highest BCUT2D eigenvalue weighted by atomic mass is 16.6. The van der Waals surface area contributed by atoms with Gasteiger partial charge in [-0.25, -0.2) is 9.59 Å². The number of para-hydroxylation sites is 1. The number of methoxy groups -OCH3 is 1. The molecule has 0 bridgehead atoms. The first-order valence-corrected chi connectivity index (χ1v) is 7.20. The number of carbonyl (C=O) groups is 2. The Morgan fingerprint density at radius 2 is 1.56 bits per heavy atom. The number of benzene rings is 2. The highest BCUT2D eigenvalue weighted by molar-refractivity contribution is 6.29. The number of nitro groups is 1. The molecule has 0 fully saturated rings. The van der Waals surface area contributed by atoms with Crippen molar-refractivity contribution in [2.24, 2.45) is 0 Å². The van der Waals surface area contributed by atoms with Gasteiger partial charge >= 0.3 is 11.9 Å². The quantitative estimate of drug-likeness (QED) is 0.342. The SMILES string of the molecule is COc1ccc(COC(=O)C(=O)OCc2ccccc2[N+](=O)[O-])cc1. The Morgan fingerprint density at radius 3 is 2.16 bits per heavy atom. The van der Waals surface area contributed by atoms with Crippen LogP contribution < -0.4 is 4.74 Å². The Bertz CT molecular complexity index is 771. The molecule has 2 rings (SSSR count). The number of ether oxygens (including phenoxy) is 3. The molecule has 8 heteroatoms. The van der Waals surface area contributed by atoms with Crippen LogP contribution in [0.3, 0.4) is 0 Å². The highest BCUT2D eigenvalue weighted by Crippen LogP contribution is 2.18. The largest absolute Gasteiger partial charge is 0.497 e. The second-order valence-electron chi connectivity index (χ2n) is 4.89. The van der Waals surface area contributed by atoms with E-state index in [0.717, 1.165) is 0 Å². The number of nitrogens with zero attached hydrogens (tertiary/aromatic N) is 1. The standard InChI is InChI=1S/C17H15NO7/c1-23-14-8-6-12(7-9-14)10-24-16(19)17(20)25-11-13-4-2-3-5-15(13)18(21)22/h2-9H,10-11H2,1H3. The van der Waals surface area contributed by atoms with Crippen molar-refractivity contribution in [3.63, 3.8) is 0 Å². The molecule has 0 radical (unpaired) electrons. The molecule has 0 aliphatic heterocycles. The molecule has 0 atom stereocenters. The van der Waals surface area contributed by atoms with Crippen LogP contribution in [0.5, 0.6) is 5.75 Å². The van der Waals surface area contributed by atoms with E-state index in [1.54, 1.807) is 30.3 Å². The van der Waals surface area contributed by atoms with E-state index < -0.39 is 23.5 Å². The van der Waals surface area contributed by atoms with Gasteiger partial charge in [0, 0.05) is 6.07 Å². The monoisotopic (exact) mass is 345 g/mol. The molecule has 0 spiro atoms. The Labute approximate surface area is 143 Å². The van der Waals surface area contributed by atoms with Crippen molar-refractivity contribution in [1.82, 2.24) is 0 Å². The van der Waals surface area contributed by atoms with Crippen molar-refractivity contribution >= 4 is 17.6 Å². The zero-order valence-corrected chi connectivity index (χ0v) is 13.3. The normalized spacial score (nSPS) is 9.96. The smallest absolute Gasteiger partial charge is 0.417 e. The van der Waals surface area contributed by atoms with Crippen molar-refractivity contribution in [2.75, 3.05) is 7.11 Å². The van der Waals surface area contributed by atoms with E-state index in [1.807, 2.05) is 0 Å². The molecule has 2 aromatic carbocycles. The first-order chi connectivity index (χ1) is 12.0. The Kier molecular flexibility index (Phi) is 6.05. The van der Waals surface area contributed by atoms with E-state index in [1.165, 1.54) is 25.3 Å². The van der Waals surface area contributed by atoms with Crippen molar-refractivity contribution in [2.45, 2.75) is 13.2 Å². The lowest BCUT2D eigenvalue weighted by molar-refractivity contribution is -0.385. The Morgan fingerprint density at radius 1 is 0.960 bits per heavy atom.